The molecular formula is C11H14N2O. The van der Waals surface area contributed by atoms with Crippen molar-refractivity contribution in [3.05, 3.63) is 42.5 Å². The maximum absolute atomic E-state index is 11.5. The molecule has 3 N–H and O–H groups in total. The average Bonchev–Trinajstić information content (AvgIpc) is 2.19. The van der Waals surface area contributed by atoms with E-state index in [9.17, 15) is 4.79 Å². The van der Waals surface area contributed by atoms with Gasteiger partial charge in [0.05, 0.1) is 6.54 Å². The molecule has 0 bridgehead atoms. The lowest BCUT2D eigenvalue weighted by Gasteiger charge is -2.01. The van der Waals surface area contributed by atoms with Gasteiger partial charge >= 0.3 is 0 Å². The maximum atomic E-state index is 11.5. The fourth-order valence-electron chi connectivity index (χ4n) is 1.06. The summed E-state index contributed by atoms with van der Waals surface area (Å²) in [5.41, 5.74) is 6.85. The molecule has 0 aliphatic carbocycles. The molecule has 0 aliphatic heterocycles. The van der Waals surface area contributed by atoms with Crippen LogP contribution in [-0.2, 0) is 0 Å². The first kappa shape index (κ1) is 10.5. The zero-order chi connectivity index (χ0) is 10.4. The van der Waals surface area contributed by atoms with E-state index in [4.69, 9.17) is 5.73 Å². The zero-order valence-electron chi connectivity index (χ0n) is 7.99. The minimum absolute atomic E-state index is 0.0619. The Kier molecular flexibility index (Phi) is 3.88. The molecule has 1 aromatic carbocycles. The van der Waals surface area contributed by atoms with Crippen LogP contribution in [0, 0.1) is 0 Å². The van der Waals surface area contributed by atoms with Crippen LogP contribution in [0.5, 0.6) is 0 Å². The Labute approximate surface area is 83.6 Å². The number of ketones is 1. The highest BCUT2D eigenvalue weighted by Crippen LogP contribution is 2.05. The van der Waals surface area contributed by atoms with E-state index in [0.717, 1.165) is 0 Å². The van der Waals surface area contributed by atoms with E-state index < -0.39 is 0 Å². The Balaban J connectivity index is 2.52. The lowest BCUT2D eigenvalue weighted by atomic mass is 10.1. The van der Waals surface area contributed by atoms with Crippen molar-refractivity contribution in [2.45, 2.75) is 0 Å². The molecule has 1 rings (SSSR count). The number of Topliss-reactive ketones (excluding diaryl/α,β-unsaturated/α-hetero) is 1. The molecule has 0 saturated carbocycles. The SMILES string of the molecule is C=CCNCC(=O)c1ccc(N)cc1. The average molecular weight is 190 g/mol. The molecule has 0 heterocycles. The van der Waals surface area contributed by atoms with Gasteiger partial charge in [0.2, 0.25) is 0 Å². The van der Waals surface area contributed by atoms with Crippen LogP contribution in [0.15, 0.2) is 36.9 Å². The Morgan fingerprint density at radius 3 is 2.64 bits per heavy atom. The summed E-state index contributed by atoms with van der Waals surface area (Å²) in [6.45, 7) is 4.52. The van der Waals surface area contributed by atoms with Crippen LogP contribution in [0.1, 0.15) is 10.4 Å². The molecule has 0 saturated heterocycles. The minimum atomic E-state index is 0.0619. The first-order chi connectivity index (χ1) is 6.74. The van der Waals surface area contributed by atoms with Crippen LogP contribution in [0.2, 0.25) is 0 Å². The molecule has 0 radical (unpaired) electrons. The van der Waals surface area contributed by atoms with Gasteiger partial charge in [0.25, 0.3) is 0 Å². The van der Waals surface area contributed by atoms with E-state index in [1.54, 1.807) is 30.3 Å². The normalized spacial score (nSPS) is 9.71. The molecule has 1 aromatic rings. The number of rotatable bonds is 5. The van der Waals surface area contributed by atoms with E-state index in [-0.39, 0.29) is 5.78 Å². The van der Waals surface area contributed by atoms with Crippen molar-refractivity contribution in [1.82, 2.24) is 5.32 Å². The van der Waals surface area contributed by atoms with E-state index in [2.05, 4.69) is 11.9 Å². The van der Waals surface area contributed by atoms with Crippen LogP contribution >= 0.6 is 0 Å². The summed E-state index contributed by atoms with van der Waals surface area (Å²) < 4.78 is 0. The predicted molar refractivity (Wildman–Crippen MR) is 58.3 cm³/mol. The van der Waals surface area contributed by atoms with Crippen LogP contribution in [0.4, 0.5) is 5.69 Å². The molecule has 0 amide bonds. The molecule has 0 unspecified atom stereocenters. The summed E-state index contributed by atoms with van der Waals surface area (Å²) in [6, 6.07) is 6.90. The molecule has 0 fully saturated rings. The van der Waals surface area contributed by atoms with E-state index in [1.165, 1.54) is 0 Å². The zero-order valence-corrected chi connectivity index (χ0v) is 7.99. The van der Waals surface area contributed by atoms with Gasteiger partial charge in [-0.25, -0.2) is 0 Å². The standard InChI is InChI=1S/C11H14N2O/c1-2-7-13-8-11(14)9-3-5-10(12)6-4-9/h2-6,13H,1,7-8,12H2. The van der Waals surface area contributed by atoms with E-state index >= 15 is 0 Å². The molecule has 0 aliphatic rings. The minimum Gasteiger partial charge on any atom is -0.399 e. The largest absolute Gasteiger partial charge is 0.399 e. The Morgan fingerprint density at radius 1 is 1.43 bits per heavy atom. The summed E-state index contributed by atoms with van der Waals surface area (Å²) in [5.74, 6) is 0.0619. The first-order valence-corrected chi connectivity index (χ1v) is 4.44. The first-order valence-electron chi connectivity index (χ1n) is 4.44. The number of hydrogen-bond donors (Lipinski definition) is 2. The summed E-state index contributed by atoms with van der Waals surface area (Å²) >= 11 is 0. The Morgan fingerprint density at radius 2 is 2.07 bits per heavy atom. The molecule has 14 heavy (non-hydrogen) atoms. The van der Waals surface area contributed by atoms with Gasteiger partial charge in [-0.05, 0) is 24.3 Å². The quantitative estimate of drug-likeness (QED) is 0.318. The van der Waals surface area contributed by atoms with Gasteiger partial charge in [0.15, 0.2) is 5.78 Å². The number of carbonyl (C=O) groups excluding carboxylic acids is 1. The fraction of sp³-hybridized carbons (Fsp3) is 0.182. The molecular weight excluding hydrogens is 176 g/mol. The predicted octanol–water partition coefficient (Wildman–Crippen LogP) is 1.23. The topological polar surface area (TPSA) is 55.1 Å². The van der Waals surface area contributed by atoms with Gasteiger partial charge in [-0.3, -0.25) is 4.79 Å². The highest BCUT2D eigenvalue weighted by Gasteiger charge is 2.03. The van der Waals surface area contributed by atoms with Crippen molar-refractivity contribution in [1.29, 1.82) is 0 Å². The van der Waals surface area contributed by atoms with Crippen molar-refractivity contribution in [2.75, 3.05) is 18.8 Å². The lowest BCUT2D eigenvalue weighted by molar-refractivity contribution is 0.0992. The van der Waals surface area contributed by atoms with Crippen molar-refractivity contribution in [2.24, 2.45) is 0 Å². The van der Waals surface area contributed by atoms with Gasteiger partial charge in [-0.2, -0.15) is 0 Å². The van der Waals surface area contributed by atoms with E-state index in [1.807, 2.05) is 0 Å². The van der Waals surface area contributed by atoms with Crippen LogP contribution in [-0.4, -0.2) is 18.9 Å². The number of carbonyl (C=O) groups is 1. The highest BCUT2D eigenvalue weighted by atomic mass is 16.1. The third-order valence-electron chi connectivity index (χ3n) is 1.81. The summed E-state index contributed by atoms with van der Waals surface area (Å²) in [5, 5.41) is 2.95. The number of nitrogen functional groups attached to an aromatic ring is 1. The van der Waals surface area contributed by atoms with Crippen LogP contribution in [0.3, 0.4) is 0 Å². The molecule has 74 valence electrons. The number of nitrogens with one attached hydrogen (secondary N) is 1. The summed E-state index contributed by atoms with van der Waals surface area (Å²) in [4.78, 5) is 11.5. The summed E-state index contributed by atoms with van der Waals surface area (Å²) in [7, 11) is 0. The fourth-order valence-corrected chi connectivity index (χ4v) is 1.06. The Hall–Kier alpha value is -1.61. The third-order valence-corrected chi connectivity index (χ3v) is 1.81. The lowest BCUT2D eigenvalue weighted by Crippen LogP contribution is -2.22. The molecule has 3 heteroatoms. The molecule has 0 aromatic heterocycles. The second-order valence-corrected chi connectivity index (χ2v) is 2.96. The van der Waals surface area contributed by atoms with Crippen molar-refractivity contribution in [3.8, 4) is 0 Å². The van der Waals surface area contributed by atoms with Gasteiger partial charge in [0, 0.05) is 17.8 Å². The van der Waals surface area contributed by atoms with Crippen molar-refractivity contribution < 1.29 is 4.79 Å². The van der Waals surface area contributed by atoms with Gasteiger partial charge in [0.1, 0.15) is 0 Å². The number of anilines is 1. The van der Waals surface area contributed by atoms with Gasteiger partial charge in [-0.15, -0.1) is 6.58 Å². The summed E-state index contributed by atoms with van der Waals surface area (Å²) in [6.07, 6.45) is 1.72. The van der Waals surface area contributed by atoms with Crippen LogP contribution in [0.25, 0.3) is 0 Å². The van der Waals surface area contributed by atoms with Crippen molar-refractivity contribution in [3.63, 3.8) is 0 Å². The van der Waals surface area contributed by atoms with E-state index in [0.29, 0.717) is 24.3 Å². The third kappa shape index (κ3) is 3.03. The number of benzene rings is 1. The second-order valence-electron chi connectivity index (χ2n) is 2.96. The Bertz CT molecular complexity index is 317. The van der Waals surface area contributed by atoms with Gasteiger partial charge < -0.3 is 11.1 Å². The van der Waals surface area contributed by atoms with Gasteiger partial charge in [-0.1, -0.05) is 6.08 Å². The molecule has 0 spiro atoms. The number of hydrogen-bond acceptors (Lipinski definition) is 3. The molecule has 3 nitrogen and oxygen atoms in total. The van der Waals surface area contributed by atoms with Crippen LogP contribution < -0.4 is 11.1 Å². The second kappa shape index (κ2) is 5.19. The highest BCUT2D eigenvalue weighted by molar-refractivity contribution is 5.97. The number of nitrogens with two attached hydrogens (primary N) is 1. The maximum Gasteiger partial charge on any atom is 0.176 e. The van der Waals surface area contributed by atoms with Crippen molar-refractivity contribution >= 4 is 11.5 Å². The monoisotopic (exact) mass is 190 g/mol. The molecule has 0 atom stereocenters. The smallest absolute Gasteiger partial charge is 0.176 e.